The molecule has 2 amide bonds. The first-order valence-corrected chi connectivity index (χ1v) is 12.0. The maximum Gasteiger partial charge on any atom is 0.270 e. The number of hydrogen-bond donors (Lipinski definition) is 3. The lowest BCUT2D eigenvalue weighted by atomic mass is 9.83. The summed E-state index contributed by atoms with van der Waals surface area (Å²) in [6.45, 7) is 5.94. The quantitative estimate of drug-likeness (QED) is 0.453. The van der Waals surface area contributed by atoms with Crippen molar-refractivity contribution in [2.24, 2.45) is 5.92 Å². The minimum Gasteiger partial charge on any atom is -0.339 e. The molecule has 0 saturated heterocycles. The minimum absolute atomic E-state index is 0.0722. The van der Waals surface area contributed by atoms with Crippen LogP contribution in [0.5, 0.6) is 0 Å². The SMILES string of the molecule is CC#CCn1nccc1C(=O)N[C@H](C(=O)Nc1ccc(-c2c(C)n[nH]c2C)nc1)C1CCCCC1. The minimum atomic E-state index is -0.651. The van der Waals surface area contributed by atoms with Gasteiger partial charge in [0.15, 0.2) is 0 Å². The van der Waals surface area contributed by atoms with Gasteiger partial charge in [0.1, 0.15) is 18.3 Å². The largest absolute Gasteiger partial charge is 0.339 e. The van der Waals surface area contributed by atoms with Gasteiger partial charge >= 0.3 is 0 Å². The van der Waals surface area contributed by atoms with Crippen LogP contribution in [0.1, 0.15) is 60.9 Å². The second-order valence-corrected chi connectivity index (χ2v) is 8.88. The average molecular weight is 474 g/mol. The summed E-state index contributed by atoms with van der Waals surface area (Å²) >= 11 is 0. The second kappa shape index (κ2) is 11.0. The van der Waals surface area contributed by atoms with Gasteiger partial charge in [-0.2, -0.15) is 10.2 Å². The van der Waals surface area contributed by atoms with E-state index in [0.29, 0.717) is 17.9 Å². The summed E-state index contributed by atoms with van der Waals surface area (Å²) in [6, 6.07) is 4.68. The van der Waals surface area contributed by atoms with Crippen LogP contribution in [0, 0.1) is 31.6 Å². The molecule has 0 radical (unpaired) electrons. The molecule has 3 heterocycles. The van der Waals surface area contributed by atoms with Crippen LogP contribution in [0.15, 0.2) is 30.6 Å². The number of amides is 2. The summed E-state index contributed by atoms with van der Waals surface area (Å²) < 4.78 is 1.55. The number of pyridine rings is 1. The second-order valence-electron chi connectivity index (χ2n) is 8.88. The zero-order valence-electron chi connectivity index (χ0n) is 20.4. The van der Waals surface area contributed by atoms with Gasteiger partial charge in [0.05, 0.1) is 23.3 Å². The Balaban J connectivity index is 1.50. The highest BCUT2D eigenvalue weighted by Gasteiger charge is 2.32. The van der Waals surface area contributed by atoms with Crippen molar-refractivity contribution in [1.82, 2.24) is 30.3 Å². The van der Waals surface area contributed by atoms with Gasteiger partial charge in [-0.15, -0.1) is 5.92 Å². The van der Waals surface area contributed by atoms with Crippen molar-refractivity contribution < 1.29 is 9.59 Å². The molecule has 1 saturated carbocycles. The molecule has 0 spiro atoms. The maximum absolute atomic E-state index is 13.4. The van der Waals surface area contributed by atoms with Gasteiger partial charge in [-0.1, -0.05) is 25.2 Å². The van der Waals surface area contributed by atoms with E-state index in [1.54, 1.807) is 30.1 Å². The first-order chi connectivity index (χ1) is 17.0. The van der Waals surface area contributed by atoms with Gasteiger partial charge in [0.25, 0.3) is 5.91 Å². The molecule has 3 N–H and O–H groups in total. The average Bonchev–Trinajstić information content (AvgIpc) is 3.48. The molecule has 182 valence electrons. The number of carbonyl (C=O) groups excluding carboxylic acids is 2. The third kappa shape index (κ3) is 5.60. The van der Waals surface area contributed by atoms with Crippen molar-refractivity contribution in [2.75, 3.05) is 5.32 Å². The molecule has 9 heteroatoms. The molecule has 1 aliphatic rings. The van der Waals surface area contributed by atoms with Crippen molar-refractivity contribution >= 4 is 17.5 Å². The van der Waals surface area contributed by atoms with Crippen molar-refractivity contribution in [1.29, 1.82) is 0 Å². The number of H-pyrrole nitrogens is 1. The molecule has 0 bridgehead atoms. The molecule has 4 rings (SSSR count). The summed E-state index contributed by atoms with van der Waals surface area (Å²) in [5.41, 5.74) is 4.52. The monoisotopic (exact) mass is 473 g/mol. The fourth-order valence-electron chi connectivity index (χ4n) is 4.65. The molecule has 1 atom stereocenters. The van der Waals surface area contributed by atoms with Crippen LogP contribution >= 0.6 is 0 Å². The van der Waals surface area contributed by atoms with E-state index in [1.807, 2.05) is 26.0 Å². The van der Waals surface area contributed by atoms with Crippen LogP contribution in [0.25, 0.3) is 11.3 Å². The Hall–Kier alpha value is -3.93. The fourth-order valence-corrected chi connectivity index (χ4v) is 4.65. The summed E-state index contributed by atoms with van der Waals surface area (Å²) in [5, 5.41) is 17.3. The zero-order chi connectivity index (χ0) is 24.8. The van der Waals surface area contributed by atoms with Crippen molar-refractivity contribution in [3.63, 3.8) is 0 Å². The number of aromatic nitrogens is 5. The third-order valence-corrected chi connectivity index (χ3v) is 6.46. The predicted octanol–water partition coefficient (Wildman–Crippen LogP) is 3.63. The maximum atomic E-state index is 13.4. The number of hydrogen-bond acceptors (Lipinski definition) is 5. The number of nitrogens with zero attached hydrogens (tertiary/aromatic N) is 4. The lowest BCUT2D eigenvalue weighted by molar-refractivity contribution is -0.119. The standard InChI is InChI=1S/C26H31N7O2/c1-4-5-15-33-22(13-14-28-33)25(34)30-24(19-9-7-6-8-10-19)26(35)29-20-11-12-21(27-16-20)23-17(2)31-32-18(23)3/h11-14,16,19,24H,6-10,15H2,1-3H3,(H,29,35)(H,30,34)(H,31,32)/t24-/m0/s1. The molecule has 0 aliphatic heterocycles. The van der Waals surface area contributed by atoms with E-state index >= 15 is 0 Å². The van der Waals surface area contributed by atoms with Crippen LogP contribution in [0.2, 0.25) is 0 Å². The normalized spacial score (nSPS) is 14.6. The van der Waals surface area contributed by atoms with E-state index in [4.69, 9.17) is 0 Å². The van der Waals surface area contributed by atoms with Crippen LogP contribution in [0.3, 0.4) is 0 Å². The molecule has 9 nitrogen and oxygen atoms in total. The van der Waals surface area contributed by atoms with Crippen LogP contribution < -0.4 is 10.6 Å². The fraction of sp³-hybridized carbons (Fsp3) is 0.423. The smallest absolute Gasteiger partial charge is 0.270 e. The number of carbonyl (C=O) groups is 2. The Morgan fingerprint density at radius 3 is 2.66 bits per heavy atom. The van der Waals surface area contributed by atoms with Crippen LogP contribution in [0.4, 0.5) is 5.69 Å². The molecule has 1 fully saturated rings. The Bertz CT molecular complexity index is 1220. The Morgan fingerprint density at radius 2 is 2.00 bits per heavy atom. The van der Waals surface area contributed by atoms with E-state index in [9.17, 15) is 9.59 Å². The molecule has 0 aromatic carbocycles. The highest BCUT2D eigenvalue weighted by molar-refractivity contribution is 6.00. The van der Waals surface area contributed by atoms with Crippen molar-refractivity contribution in [3.8, 4) is 23.1 Å². The molecule has 3 aromatic rings. The van der Waals surface area contributed by atoms with E-state index in [-0.39, 0.29) is 17.7 Å². The molecular formula is C26H31N7O2. The molecule has 3 aromatic heterocycles. The van der Waals surface area contributed by atoms with Crippen LogP contribution in [-0.4, -0.2) is 42.8 Å². The first-order valence-electron chi connectivity index (χ1n) is 12.0. The van der Waals surface area contributed by atoms with Gasteiger partial charge < -0.3 is 10.6 Å². The lowest BCUT2D eigenvalue weighted by Crippen LogP contribution is -2.49. The Labute approximate surface area is 205 Å². The summed E-state index contributed by atoms with van der Waals surface area (Å²) in [4.78, 5) is 31.0. The van der Waals surface area contributed by atoms with Crippen molar-refractivity contribution in [2.45, 2.75) is 65.5 Å². The topological polar surface area (TPSA) is 118 Å². The first kappa shape index (κ1) is 24.2. The Kier molecular flexibility index (Phi) is 7.60. The van der Waals surface area contributed by atoms with Gasteiger partial charge in [-0.25, -0.2) is 4.68 Å². The number of aromatic amines is 1. The van der Waals surface area contributed by atoms with E-state index < -0.39 is 6.04 Å². The van der Waals surface area contributed by atoms with E-state index in [1.165, 1.54) is 0 Å². The summed E-state index contributed by atoms with van der Waals surface area (Å²) in [6.07, 6.45) is 8.25. The van der Waals surface area contributed by atoms with E-state index in [2.05, 4.69) is 42.8 Å². The lowest BCUT2D eigenvalue weighted by Gasteiger charge is -2.30. The summed E-state index contributed by atoms with van der Waals surface area (Å²) in [7, 11) is 0. The number of rotatable bonds is 7. The zero-order valence-corrected chi connectivity index (χ0v) is 20.4. The third-order valence-electron chi connectivity index (χ3n) is 6.46. The van der Waals surface area contributed by atoms with Gasteiger partial charge in [0.2, 0.25) is 5.91 Å². The predicted molar refractivity (Wildman–Crippen MR) is 133 cm³/mol. The van der Waals surface area contributed by atoms with E-state index in [0.717, 1.165) is 54.7 Å². The van der Waals surface area contributed by atoms with Gasteiger partial charge in [0, 0.05) is 17.5 Å². The summed E-state index contributed by atoms with van der Waals surface area (Å²) in [5.74, 6) is 5.23. The van der Waals surface area contributed by atoms with Gasteiger partial charge in [-0.05, 0) is 57.7 Å². The highest BCUT2D eigenvalue weighted by atomic mass is 16.2. The molecule has 0 unspecified atom stereocenters. The number of aryl methyl sites for hydroxylation is 2. The molecule has 35 heavy (non-hydrogen) atoms. The molecular weight excluding hydrogens is 442 g/mol. The van der Waals surface area contributed by atoms with Gasteiger partial charge in [-0.3, -0.25) is 19.7 Å². The Morgan fingerprint density at radius 1 is 1.20 bits per heavy atom. The van der Waals surface area contributed by atoms with Crippen LogP contribution in [-0.2, 0) is 11.3 Å². The number of anilines is 1. The van der Waals surface area contributed by atoms with Crippen molar-refractivity contribution in [3.05, 3.63) is 47.7 Å². The number of nitrogens with one attached hydrogen (secondary N) is 3. The highest BCUT2D eigenvalue weighted by Crippen LogP contribution is 2.28. The molecule has 1 aliphatic carbocycles.